The zero-order chi connectivity index (χ0) is 27.1. The van der Waals surface area contributed by atoms with Gasteiger partial charge in [0.15, 0.2) is 5.78 Å². The fraction of sp³-hybridized carbons (Fsp3) is 0.300. The highest BCUT2D eigenvalue weighted by Crippen LogP contribution is 2.45. The van der Waals surface area contributed by atoms with E-state index in [2.05, 4.69) is 4.90 Å². The molecule has 0 aromatic heterocycles. The number of ketones is 1. The number of hydrogen-bond acceptors (Lipinski definition) is 2. The normalized spacial score (nSPS) is 22.7. The lowest BCUT2D eigenvalue weighted by molar-refractivity contribution is -0.143. The Bertz CT molecular complexity index is 1250. The van der Waals surface area contributed by atoms with E-state index in [1.807, 2.05) is 60.7 Å². The maximum atomic E-state index is 13.4. The van der Waals surface area contributed by atoms with Crippen LogP contribution in [0.3, 0.4) is 0 Å². The minimum Gasteiger partial charge on any atom is -0.296 e. The largest absolute Gasteiger partial charge is 0.416 e. The van der Waals surface area contributed by atoms with Crippen LogP contribution in [0.2, 0.25) is 0 Å². The van der Waals surface area contributed by atoms with Crippen molar-refractivity contribution in [1.29, 1.82) is 0 Å². The van der Waals surface area contributed by atoms with Crippen LogP contribution in [0.1, 0.15) is 51.4 Å². The summed E-state index contributed by atoms with van der Waals surface area (Å²) in [6.07, 6.45) is -7.18. The number of halogens is 6. The van der Waals surface area contributed by atoms with Crippen molar-refractivity contribution in [2.75, 3.05) is 13.1 Å². The third kappa shape index (κ3) is 5.27. The van der Waals surface area contributed by atoms with Crippen LogP contribution in [0.15, 0.2) is 90.5 Å². The molecular weight excluding hydrogens is 504 g/mol. The summed E-state index contributed by atoms with van der Waals surface area (Å²) in [5.41, 5.74) is -0.806. The second kappa shape index (κ2) is 10.1. The molecule has 1 atom stereocenters. The summed E-state index contributed by atoms with van der Waals surface area (Å²) in [5.74, 6) is -0.987. The van der Waals surface area contributed by atoms with Gasteiger partial charge in [-0.15, -0.1) is 0 Å². The van der Waals surface area contributed by atoms with Gasteiger partial charge in [-0.3, -0.25) is 9.69 Å². The molecule has 8 heteroatoms. The van der Waals surface area contributed by atoms with E-state index in [0.717, 1.165) is 42.6 Å². The van der Waals surface area contributed by atoms with Crippen LogP contribution in [0, 0.1) is 5.92 Å². The Morgan fingerprint density at radius 3 is 1.68 bits per heavy atom. The van der Waals surface area contributed by atoms with Crippen LogP contribution in [-0.2, 0) is 12.4 Å². The molecule has 6 rings (SSSR count). The zero-order valence-electron chi connectivity index (χ0n) is 20.3. The molecule has 2 bridgehead atoms. The molecule has 3 saturated heterocycles. The maximum absolute atomic E-state index is 13.4. The SMILES string of the molecule is O=C(/C=C1\C2CCN(CC2)C1C(c1ccccc1)c1ccccc1)c1cc(C(F)(F)F)cc(C(F)(F)F)c1. The number of fused-ring (bicyclic) bond motifs is 3. The van der Waals surface area contributed by atoms with Gasteiger partial charge >= 0.3 is 12.4 Å². The second-order valence-electron chi connectivity index (χ2n) is 9.86. The molecule has 0 saturated carbocycles. The Hall–Kier alpha value is -3.39. The molecule has 3 fully saturated rings. The number of carbonyl (C=O) groups excluding carboxylic acids is 1. The quantitative estimate of drug-likeness (QED) is 0.191. The van der Waals surface area contributed by atoms with Gasteiger partial charge in [-0.1, -0.05) is 60.7 Å². The molecule has 0 radical (unpaired) electrons. The fourth-order valence-corrected chi connectivity index (χ4v) is 5.78. The van der Waals surface area contributed by atoms with Gasteiger partial charge in [0.1, 0.15) is 0 Å². The predicted molar refractivity (Wildman–Crippen MR) is 132 cm³/mol. The molecule has 3 aliphatic heterocycles. The van der Waals surface area contributed by atoms with Crippen molar-refractivity contribution >= 4 is 5.78 Å². The van der Waals surface area contributed by atoms with E-state index in [4.69, 9.17) is 0 Å². The molecule has 2 nitrogen and oxygen atoms in total. The lowest BCUT2D eigenvalue weighted by Crippen LogP contribution is -2.53. The summed E-state index contributed by atoms with van der Waals surface area (Å²) in [6.45, 7) is 1.61. The minimum absolute atomic E-state index is 0.0248. The third-order valence-corrected chi connectivity index (χ3v) is 7.54. The van der Waals surface area contributed by atoms with Crippen LogP contribution >= 0.6 is 0 Å². The summed E-state index contributed by atoms with van der Waals surface area (Å²) in [5, 5.41) is 0. The lowest BCUT2D eigenvalue weighted by atomic mass is 9.70. The lowest BCUT2D eigenvalue weighted by Gasteiger charge is -2.50. The number of carbonyl (C=O) groups is 1. The van der Waals surface area contributed by atoms with Crippen molar-refractivity contribution in [3.05, 3.63) is 118 Å². The summed E-state index contributed by atoms with van der Waals surface area (Å²) in [4.78, 5) is 15.6. The average Bonchev–Trinajstić information content (AvgIpc) is 2.90. The van der Waals surface area contributed by atoms with Gasteiger partial charge in [-0.2, -0.15) is 26.3 Å². The van der Waals surface area contributed by atoms with Gasteiger partial charge in [0.25, 0.3) is 0 Å². The minimum atomic E-state index is -5.02. The standard InChI is InChI=1S/C30H25F6NO/c31-29(32,33)23-15-22(16-24(17-23)30(34,35)36)26(38)18-25-19-11-13-37(14-12-19)28(25)27(20-7-3-1-4-8-20)21-9-5-2-6-10-21/h1-10,15-19,27-28H,11-14H2/b25-18+. The van der Waals surface area contributed by atoms with Crippen LogP contribution in [0.5, 0.6) is 0 Å². The molecule has 0 aliphatic carbocycles. The van der Waals surface area contributed by atoms with Crippen molar-refractivity contribution in [1.82, 2.24) is 4.90 Å². The van der Waals surface area contributed by atoms with Crippen LogP contribution in [0.25, 0.3) is 0 Å². The first-order valence-corrected chi connectivity index (χ1v) is 12.4. The number of alkyl halides is 6. The molecule has 198 valence electrons. The number of allylic oxidation sites excluding steroid dienone is 1. The van der Waals surface area contributed by atoms with Gasteiger partial charge in [0.2, 0.25) is 0 Å². The van der Waals surface area contributed by atoms with Crippen molar-refractivity contribution in [3.8, 4) is 0 Å². The molecule has 38 heavy (non-hydrogen) atoms. The van der Waals surface area contributed by atoms with E-state index in [9.17, 15) is 31.1 Å². The number of hydrogen-bond donors (Lipinski definition) is 0. The van der Waals surface area contributed by atoms with Crippen molar-refractivity contribution < 1.29 is 31.1 Å². The molecule has 3 aromatic rings. The predicted octanol–water partition coefficient (Wildman–Crippen LogP) is 7.76. The number of piperidine rings is 3. The van der Waals surface area contributed by atoms with E-state index in [1.165, 1.54) is 6.08 Å². The molecule has 3 heterocycles. The van der Waals surface area contributed by atoms with Crippen LogP contribution in [0.4, 0.5) is 26.3 Å². The molecule has 0 spiro atoms. The molecule has 0 N–H and O–H groups in total. The van der Waals surface area contributed by atoms with E-state index in [1.54, 1.807) is 0 Å². The number of rotatable bonds is 5. The Balaban J connectivity index is 1.62. The van der Waals surface area contributed by atoms with E-state index >= 15 is 0 Å². The maximum Gasteiger partial charge on any atom is 0.416 e. The topological polar surface area (TPSA) is 20.3 Å². The molecule has 3 aromatic carbocycles. The van der Waals surface area contributed by atoms with E-state index < -0.39 is 34.8 Å². The highest BCUT2D eigenvalue weighted by Gasteiger charge is 2.43. The van der Waals surface area contributed by atoms with E-state index in [-0.39, 0.29) is 23.9 Å². The number of benzene rings is 3. The summed E-state index contributed by atoms with van der Waals surface area (Å²) < 4.78 is 80.5. The van der Waals surface area contributed by atoms with Gasteiger partial charge in [-0.05, 0) is 72.8 Å². The fourth-order valence-electron chi connectivity index (χ4n) is 5.78. The second-order valence-corrected chi connectivity index (χ2v) is 9.86. The van der Waals surface area contributed by atoms with Crippen molar-refractivity contribution in [2.45, 2.75) is 37.2 Å². The Morgan fingerprint density at radius 2 is 1.24 bits per heavy atom. The zero-order valence-corrected chi connectivity index (χ0v) is 20.3. The van der Waals surface area contributed by atoms with Crippen molar-refractivity contribution in [3.63, 3.8) is 0 Å². The number of nitrogens with zero attached hydrogens (tertiary/aromatic N) is 1. The Kier molecular flexibility index (Phi) is 6.94. The molecule has 3 aliphatic rings. The van der Waals surface area contributed by atoms with Crippen LogP contribution in [-0.4, -0.2) is 29.8 Å². The monoisotopic (exact) mass is 529 g/mol. The van der Waals surface area contributed by atoms with Gasteiger partial charge < -0.3 is 0 Å². The Labute approximate surface area is 216 Å². The Morgan fingerprint density at radius 1 is 0.763 bits per heavy atom. The third-order valence-electron chi connectivity index (χ3n) is 7.54. The highest BCUT2D eigenvalue weighted by atomic mass is 19.4. The molecule has 1 unspecified atom stereocenters. The van der Waals surface area contributed by atoms with Crippen molar-refractivity contribution in [2.24, 2.45) is 5.92 Å². The summed E-state index contributed by atoms with van der Waals surface area (Å²) in [7, 11) is 0. The van der Waals surface area contributed by atoms with Gasteiger partial charge in [0.05, 0.1) is 11.1 Å². The highest BCUT2D eigenvalue weighted by molar-refractivity contribution is 6.05. The van der Waals surface area contributed by atoms with E-state index in [0.29, 0.717) is 12.1 Å². The average molecular weight is 530 g/mol. The first-order chi connectivity index (χ1) is 18.0. The van der Waals surface area contributed by atoms with Gasteiger partial charge in [-0.25, -0.2) is 0 Å². The molecular formula is C30H25F6NO. The van der Waals surface area contributed by atoms with Gasteiger partial charge in [0, 0.05) is 17.5 Å². The van der Waals surface area contributed by atoms with Crippen LogP contribution < -0.4 is 0 Å². The first kappa shape index (κ1) is 26.2. The first-order valence-electron chi connectivity index (χ1n) is 12.4. The summed E-state index contributed by atoms with van der Waals surface area (Å²) >= 11 is 0. The smallest absolute Gasteiger partial charge is 0.296 e. The summed E-state index contributed by atoms with van der Waals surface area (Å²) in [6, 6.07) is 20.4. The molecule has 0 amide bonds.